The average molecular weight is 449 g/mol. The summed E-state index contributed by atoms with van der Waals surface area (Å²) in [6.07, 6.45) is 1.72. The maximum Gasteiger partial charge on any atom is 0.251 e. The number of aromatic nitrogens is 4. The van der Waals surface area contributed by atoms with E-state index in [0.29, 0.717) is 43.3 Å². The number of hydrogen-bond donors (Lipinski definition) is 2. The SMILES string of the molecule is COCCOc1ccc2c(c1)nc(NCCCCNC(=O)c1ccccc1)c1nnc(C)n12. The molecule has 0 fully saturated rings. The van der Waals surface area contributed by atoms with Gasteiger partial charge >= 0.3 is 0 Å². The number of carbonyl (C=O) groups is 1. The normalized spacial score (nSPS) is 11.1. The van der Waals surface area contributed by atoms with E-state index in [1.165, 1.54) is 0 Å². The zero-order chi connectivity index (χ0) is 23.0. The van der Waals surface area contributed by atoms with Crippen LogP contribution in [-0.4, -0.2) is 58.9 Å². The van der Waals surface area contributed by atoms with Crippen LogP contribution in [0.2, 0.25) is 0 Å². The first-order valence-corrected chi connectivity index (χ1v) is 11.0. The minimum Gasteiger partial charge on any atom is -0.491 e. The highest BCUT2D eigenvalue weighted by Crippen LogP contribution is 2.25. The molecule has 1 amide bonds. The Morgan fingerprint density at radius 2 is 1.85 bits per heavy atom. The molecule has 0 unspecified atom stereocenters. The molecule has 0 spiro atoms. The maximum atomic E-state index is 12.1. The lowest BCUT2D eigenvalue weighted by atomic mass is 10.2. The minimum atomic E-state index is -0.0519. The highest BCUT2D eigenvalue weighted by Gasteiger charge is 2.13. The third kappa shape index (κ3) is 5.38. The van der Waals surface area contributed by atoms with E-state index in [4.69, 9.17) is 14.5 Å². The fourth-order valence-corrected chi connectivity index (χ4v) is 3.56. The zero-order valence-corrected chi connectivity index (χ0v) is 18.9. The number of amides is 1. The van der Waals surface area contributed by atoms with Gasteiger partial charge in [-0.25, -0.2) is 4.98 Å². The van der Waals surface area contributed by atoms with Crippen molar-refractivity contribution in [3.8, 4) is 5.75 Å². The number of ether oxygens (including phenoxy) is 2. The van der Waals surface area contributed by atoms with Gasteiger partial charge in [-0.05, 0) is 44.0 Å². The van der Waals surface area contributed by atoms with Crippen molar-refractivity contribution in [3.05, 3.63) is 59.9 Å². The highest BCUT2D eigenvalue weighted by molar-refractivity contribution is 5.94. The zero-order valence-electron chi connectivity index (χ0n) is 18.9. The number of nitrogens with zero attached hydrogens (tertiary/aromatic N) is 4. The Kier molecular flexibility index (Phi) is 7.31. The van der Waals surface area contributed by atoms with Gasteiger partial charge < -0.3 is 20.1 Å². The lowest BCUT2D eigenvalue weighted by molar-refractivity contribution is 0.0953. The van der Waals surface area contributed by atoms with Crippen LogP contribution in [0.1, 0.15) is 29.0 Å². The van der Waals surface area contributed by atoms with Crippen molar-refractivity contribution in [3.63, 3.8) is 0 Å². The van der Waals surface area contributed by atoms with Gasteiger partial charge in [-0.1, -0.05) is 18.2 Å². The molecule has 0 saturated heterocycles. The summed E-state index contributed by atoms with van der Waals surface area (Å²) in [5, 5.41) is 14.9. The Morgan fingerprint density at radius 1 is 1.03 bits per heavy atom. The van der Waals surface area contributed by atoms with Crippen molar-refractivity contribution in [1.29, 1.82) is 0 Å². The number of carbonyl (C=O) groups excluding carboxylic acids is 1. The molecule has 9 nitrogen and oxygen atoms in total. The van der Waals surface area contributed by atoms with Crippen LogP contribution in [0.25, 0.3) is 16.7 Å². The van der Waals surface area contributed by atoms with Crippen LogP contribution in [0.5, 0.6) is 5.75 Å². The van der Waals surface area contributed by atoms with Crippen molar-refractivity contribution < 1.29 is 14.3 Å². The van der Waals surface area contributed by atoms with Crippen LogP contribution in [0.3, 0.4) is 0 Å². The average Bonchev–Trinajstić information content (AvgIpc) is 3.23. The van der Waals surface area contributed by atoms with Crippen LogP contribution >= 0.6 is 0 Å². The molecule has 0 atom stereocenters. The minimum absolute atomic E-state index is 0.0519. The summed E-state index contributed by atoms with van der Waals surface area (Å²) in [6.45, 7) is 4.23. The fourth-order valence-electron chi connectivity index (χ4n) is 3.56. The van der Waals surface area contributed by atoms with Crippen LogP contribution in [0.15, 0.2) is 48.5 Å². The molecular formula is C24H28N6O3. The fraction of sp³-hybridized carbons (Fsp3) is 0.333. The van der Waals surface area contributed by atoms with E-state index < -0.39 is 0 Å². The molecule has 2 heterocycles. The number of methoxy groups -OCH3 is 1. The number of anilines is 1. The van der Waals surface area contributed by atoms with Crippen molar-refractivity contribution in [1.82, 2.24) is 24.9 Å². The number of benzene rings is 2. The molecule has 172 valence electrons. The molecule has 0 saturated carbocycles. The number of rotatable bonds is 11. The second-order valence-electron chi connectivity index (χ2n) is 7.61. The van der Waals surface area contributed by atoms with E-state index >= 15 is 0 Å². The summed E-state index contributed by atoms with van der Waals surface area (Å²) in [4.78, 5) is 16.9. The van der Waals surface area contributed by atoms with Crippen LogP contribution in [-0.2, 0) is 4.74 Å². The van der Waals surface area contributed by atoms with Gasteiger partial charge in [0.1, 0.15) is 18.2 Å². The highest BCUT2D eigenvalue weighted by atomic mass is 16.5. The van der Waals surface area contributed by atoms with Crippen molar-refractivity contribution in [2.45, 2.75) is 19.8 Å². The summed E-state index contributed by atoms with van der Waals surface area (Å²) in [5.41, 5.74) is 3.07. The quantitative estimate of drug-likeness (QED) is 0.340. The summed E-state index contributed by atoms with van der Waals surface area (Å²) >= 11 is 0. The Morgan fingerprint density at radius 3 is 2.67 bits per heavy atom. The van der Waals surface area contributed by atoms with Crippen molar-refractivity contribution >= 4 is 28.4 Å². The molecule has 0 bridgehead atoms. The first kappa shape index (κ1) is 22.5. The Labute approximate surface area is 192 Å². The number of unbranched alkanes of at least 4 members (excludes halogenated alkanes) is 1. The first-order chi connectivity index (χ1) is 16.2. The molecule has 4 aromatic rings. The van der Waals surface area contributed by atoms with E-state index in [2.05, 4.69) is 20.8 Å². The predicted octanol–water partition coefficient (Wildman–Crippen LogP) is 3.23. The summed E-state index contributed by atoms with van der Waals surface area (Å²) in [5.74, 6) is 2.14. The number of hydrogen-bond acceptors (Lipinski definition) is 7. The van der Waals surface area contributed by atoms with Gasteiger partial charge in [0.15, 0.2) is 5.82 Å². The Bertz CT molecular complexity index is 1230. The van der Waals surface area contributed by atoms with Crippen LogP contribution < -0.4 is 15.4 Å². The van der Waals surface area contributed by atoms with Gasteiger partial charge in [0.2, 0.25) is 5.65 Å². The molecule has 0 aliphatic carbocycles. The molecule has 2 aromatic carbocycles. The van der Waals surface area contributed by atoms with Gasteiger partial charge in [-0.15, -0.1) is 10.2 Å². The molecule has 0 aliphatic heterocycles. The third-order valence-corrected chi connectivity index (χ3v) is 5.23. The molecule has 9 heteroatoms. The van der Waals surface area contributed by atoms with Crippen LogP contribution in [0, 0.1) is 6.92 Å². The third-order valence-electron chi connectivity index (χ3n) is 5.23. The van der Waals surface area contributed by atoms with Crippen molar-refractivity contribution in [2.24, 2.45) is 0 Å². The lowest BCUT2D eigenvalue weighted by Gasteiger charge is -2.11. The topological polar surface area (TPSA) is 103 Å². The second kappa shape index (κ2) is 10.7. The van der Waals surface area contributed by atoms with Gasteiger partial charge in [-0.3, -0.25) is 9.20 Å². The van der Waals surface area contributed by atoms with Gasteiger partial charge in [0.05, 0.1) is 17.6 Å². The Hall–Kier alpha value is -3.72. The summed E-state index contributed by atoms with van der Waals surface area (Å²) in [7, 11) is 1.64. The molecule has 0 aliphatic rings. The number of nitrogens with one attached hydrogen (secondary N) is 2. The monoisotopic (exact) mass is 448 g/mol. The van der Waals surface area contributed by atoms with Gasteiger partial charge in [-0.2, -0.15) is 0 Å². The molecule has 33 heavy (non-hydrogen) atoms. The van der Waals surface area contributed by atoms with E-state index in [9.17, 15) is 4.79 Å². The smallest absolute Gasteiger partial charge is 0.251 e. The predicted molar refractivity (Wildman–Crippen MR) is 127 cm³/mol. The first-order valence-electron chi connectivity index (χ1n) is 11.0. The molecule has 2 N–H and O–H groups in total. The number of fused-ring (bicyclic) bond motifs is 3. The molecule has 0 radical (unpaired) electrons. The van der Waals surface area contributed by atoms with E-state index in [-0.39, 0.29) is 5.91 Å². The van der Waals surface area contributed by atoms with Gasteiger partial charge in [0, 0.05) is 31.8 Å². The summed E-state index contributed by atoms with van der Waals surface area (Å²) in [6, 6.07) is 15.0. The lowest BCUT2D eigenvalue weighted by Crippen LogP contribution is -2.24. The maximum absolute atomic E-state index is 12.1. The van der Waals surface area contributed by atoms with E-state index in [1.54, 1.807) is 7.11 Å². The van der Waals surface area contributed by atoms with E-state index in [0.717, 1.165) is 35.4 Å². The second-order valence-corrected chi connectivity index (χ2v) is 7.61. The van der Waals surface area contributed by atoms with Crippen LogP contribution in [0.4, 0.5) is 5.82 Å². The van der Waals surface area contributed by atoms with Gasteiger partial charge in [0.25, 0.3) is 5.91 Å². The molecular weight excluding hydrogens is 420 g/mol. The standard InChI is InChI=1S/C24H28N6O3/c1-17-28-29-23-22(25-12-6-7-13-26-24(31)18-8-4-3-5-9-18)27-20-16-19(33-15-14-32-2)10-11-21(20)30(17)23/h3-5,8-11,16H,6-7,12-15H2,1-2H3,(H,25,27)(H,26,31). The molecule has 4 rings (SSSR count). The Balaban J connectivity index is 1.38. The number of aryl methyl sites for hydroxylation is 1. The summed E-state index contributed by atoms with van der Waals surface area (Å²) < 4.78 is 12.8. The van der Waals surface area contributed by atoms with Crippen molar-refractivity contribution in [2.75, 3.05) is 38.7 Å². The molecule has 2 aromatic heterocycles. The largest absolute Gasteiger partial charge is 0.491 e. The van der Waals surface area contributed by atoms with E-state index in [1.807, 2.05) is 59.9 Å².